The van der Waals surface area contributed by atoms with Gasteiger partial charge in [-0.05, 0) is 30.9 Å². The SMILES string of the molecule is O=C1CCNC(NCC2CCN(c3nc4ccccc4[nH]3)CC2)N1. The van der Waals surface area contributed by atoms with Gasteiger partial charge < -0.3 is 15.2 Å². The number of H-pyrrole nitrogens is 1. The summed E-state index contributed by atoms with van der Waals surface area (Å²) < 4.78 is 0. The van der Waals surface area contributed by atoms with Crippen LogP contribution in [0.25, 0.3) is 11.0 Å². The smallest absolute Gasteiger partial charge is 0.223 e. The topological polar surface area (TPSA) is 85.1 Å². The van der Waals surface area contributed by atoms with E-state index in [4.69, 9.17) is 0 Å². The van der Waals surface area contributed by atoms with Crippen molar-refractivity contribution >= 4 is 22.9 Å². The molecule has 24 heavy (non-hydrogen) atoms. The maximum Gasteiger partial charge on any atom is 0.223 e. The van der Waals surface area contributed by atoms with Gasteiger partial charge in [-0.1, -0.05) is 12.1 Å². The van der Waals surface area contributed by atoms with E-state index in [0.29, 0.717) is 12.3 Å². The van der Waals surface area contributed by atoms with E-state index >= 15 is 0 Å². The number of aromatic amines is 1. The zero-order valence-electron chi connectivity index (χ0n) is 13.7. The van der Waals surface area contributed by atoms with Crippen LogP contribution in [0.4, 0.5) is 5.95 Å². The number of hydrogen-bond acceptors (Lipinski definition) is 5. The van der Waals surface area contributed by atoms with E-state index in [1.807, 2.05) is 18.2 Å². The fourth-order valence-electron chi connectivity index (χ4n) is 3.46. The third kappa shape index (κ3) is 3.37. The number of nitrogens with one attached hydrogen (secondary N) is 4. The van der Waals surface area contributed by atoms with E-state index in [9.17, 15) is 4.79 Å². The number of aromatic nitrogens is 2. The number of carbonyl (C=O) groups excluding carboxylic acids is 1. The van der Waals surface area contributed by atoms with Crippen molar-refractivity contribution in [1.29, 1.82) is 0 Å². The molecule has 2 aliphatic heterocycles. The first-order chi connectivity index (χ1) is 11.8. The summed E-state index contributed by atoms with van der Waals surface area (Å²) in [5, 5.41) is 9.60. The minimum Gasteiger partial charge on any atom is -0.342 e. The molecular weight excluding hydrogens is 304 g/mol. The summed E-state index contributed by atoms with van der Waals surface area (Å²) in [7, 11) is 0. The Hall–Kier alpha value is -2.12. The molecule has 2 aliphatic rings. The number of anilines is 1. The van der Waals surface area contributed by atoms with E-state index < -0.39 is 0 Å². The number of imidazole rings is 1. The van der Waals surface area contributed by atoms with Gasteiger partial charge in [0.1, 0.15) is 6.29 Å². The molecule has 4 rings (SSSR count). The fourth-order valence-corrected chi connectivity index (χ4v) is 3.46. The molecule has 0 saturated carbocycles. The molecule has 3 heterocycles. The van der Waals surface area contributed by atoms with Crippen LogP contribution < -0.4 is 20.9 Å². The average Bonchev–Trinajstić information content (AvgIpc) is 3.05. The molecule has 0 aliphatic carbocycles. The fraction of sp³-hybridized carbons (Fsp3) is 0.529. The average molecular weight is 328 g/mol. The lowest BCUT2D eigenvalue weighted by Crippen LogP contribution is -2.60. The monoisotopic (exact) mass is 328 g/mol. The quantitative estimate of drug-likeness (QED) is 0.666. The Morgan fingerprint density at radius 3 is 2.88 bits per heavy atom. The third-order valence-corrected chi connectivity index (χ3v) is 4.91. The summed E-state index contributed by atoms with van der Waals surface area (Å²) in [6.45, 7) is 3.69. The lowest BCUT2D eigenvalue weighted by Gasteiger charge is -2.33. The van der Waals surface area contributed by atoms with Gasteiger partial charge in [-0.15, -0.1) is 0 Å². The van der Waals surface area contributed by atoms with Crippen molar-refractivity contribution in [3.05, 3.63) is 24.3 Å². The molecule has 1 unspecified atom stereocenters. The lowest BCUT2D eigenvalue weighted by molar-refractivity contribution is -0.123. The molecule has 0 radical (unpaired) electrons. The molecule has 1 aromatic carbocycles. The Morgan fingerprint density at radius 2 is 2.08 bits per heavy atom. The van der Waals surface area contributed by atoms with Gasteiger partial charge in [0.05, 0.1) is 11.0 Å². The highest BCUT2D eigenvalue weighted by Gasteiger charge is 2.23. The van der Waals surface area contributed by atoms with Crippen molar-refractivity contribution in [2.75, 3.05) is 31.1 Å². The number of fused-ring (bicyclic) bond motifs is 1. The number of carbonyl (C=O) groups is 1. The van der Waals surface area contributed by atoms with Crippen LogP contribution in [0.5, 0.6) is 0 Å². The molecule has 128 valence electrons. The van der Waals surface area contributed by atoms with Crippen molar-refractivity contribution in [3.63, 3.8) is 0 Å². The molecule has 7 nitrogen and oxygen atoms in total. The van der Waals surface area contributed by atoms with Crippen molar-refractivity contribution in [2.24, 2.45) is 5.92 Å². The second kappa shape index (κ2) is 6.78. The molecule has 1 amide bonds. The number of rotatable bonds is 4. The molecule has 2 saturated heterocycles. The van der Waals surface area contributed by atoms with Crippen LogP contribution in [0.15, 0.2) is 24.3 Å². The van der Waals surface area contributed by atoms with Crippen molar-refractivity contribution < 1.29 is 4.79 Å². The summed E-state index contributed by atoms with van der Waals surface area (Å²) in [6.07, 6.45) is 2.74. The predicted molar refractivity (Wildman–Crippen MR) is 93.6 cm³/mol. The summed E-state index contributed by atoms with van der Waals surface area (Å²) >= 11 is 0. The highest BCUT2D eigenvalue weighted by atomic mass is 16.2. The van der Waals surface area contributed by atoms with Crippen molar-refractivity contribution in [2.45, 2.75) is 25.6 Å². The third-order valence-electron chi connectivity index (χ3n) is 4.91. The van der Waals surface area contributed by atoms with Crippen LogP contribution in [-0.2, 0) is 4.79 Å². The van der Waals surface area contributed by atoms with Crippen molar-refractivity contribution in [1.82, 2.24) is 25.9 Å². The molecule has 0 bridgehead atoms. The molecule has 0 spiro atoms. The molecular formula is C17H24N6O. The number of benzene rings is 1. The van der Waals surface area contributed by atoms with Gasteiger partial charge in [-0.3, -0.25) is 15.4 Å². The van der Waals surface area contributed by atoms with E-state index in [2.05, 4.69) is 36.9 Å². The Labute approximate surface area is 141 Å². The zero-order valence-corrected chi connectivity index (χ0v) is 13.7. The van der Waals surface area contributed by atoms with Crippen LogP contribution in [0, 0.1) is 5.92 Å². The Kier molecular flexibility index (Phi) is 4.36. The first kappa shape index (κ1) is 15.4. The van der Waals surface area contributed by atoms with Crippen LogP contribution in [-0.4, -0.2) is 48.3 Å². The molecule has 7 heteroatoms. The van der Waals surface area contributed by atoms with Crippen LogP contribution in [0.2, 0.25) is 0 Å². The Balaban J connectivity index is 1.28. The van der Waals surface area contributed by atoms with Gasteiger partial charge in [0.15, 0.2) is 0 Å². The molecule has 1 aromatic heterocycles. The van der Waals surface area contributed by atoms with Crippen molar-refractivity contribution in [3.8, 4) is 0 Å². The number of piperidine rings is 1. The molecule has 1 atom stereocenters. The number of nitrogens with zero attached hydrogens (tertiary/aromatic N) is 2. The van der Waals surface area contributed by atoms with E-state index in [-0.39, 0.29) is 12.2 Å². The highest BCUT2D eigenvalue weighted by molar-refractivity contribution is 5.77. The first-order valence-electron chi connectivity index (χ1n) is 8.74. The molecule has 2 aromatic rings. The first-order valence-corrected chi connectivity index (χ1v) is 8.74. The van der Waals surface area contributed by atoms with Crippen LogP contribution >= 0.6 is 0 Å². The van der Waals surface area contributed by atoms with E-state index in [1.54, 1.807) is 0 Å². The molecule has 4 N–H and O–H groups in total. The van der Waals surface area contributed by atoms with Gasteiger partial charge in [-0.25, -0.2) is 4.98 Å². The number of para-hydroxylation sites is 2. The minimum atomic E-state index is -0.0837. The second-order valence-electron chi connectivity index (χ2n) is 6.62. The minimum absolute atomic E-state index is 0.0837. The van der Waals surface area contributed by atoms with Gasteiger partial charge in [0.25, 0.3) is 0 Å². The van der Waals surface area contributed by atoms with Gasteiger partial charge in [0.2, 0.25) is 11.9 Å². The number of hydrogen-bond donors (Lipinski definition) is 4. The van der Waals surface area contributed by atoms with Crippen LogP contribution in [0.3, 0.4) is 0 Å². The Bertz CT molecular complexity index is 673. The summed E-state index contributed by atoms with van der Waals surface area (Å²) in [5.41, 5.74) is 2.12. The summed E-state index contributed by atoms with van der Waals surface area (Å²) in [4.78, 5) is 21.8. The predicted octanol–water partition coefficient (Wildman–Crippen LogP) is 0.762. The summed E-state index contributed by atoms with van der Waals surface area (Å²) in [5.74, 6) is 1.72. The summed E-state index contributed by atoms with van der Waals surface area (Å²) in [6, 6.07) is 8.15. The lowest BCUT2D eigenvalue weighted by atomic mass is 9.97. The Morgan fingerprint density at radius 1 is 1.25 bits per heavy atom. The second-order valence-corrected chi connectivity index (χ2v) is 6.62. The highest BCUT2D eigenvalue weighted by Crippen LogP contribution is 2.23. The van der Waals surface area contributed by atoms with Gasteiger partial charge in [0, 0.05) is 32.6 Å². The maximum atomic E-state index is 11.4. The van der Waals surface area contributed by atoms with Crippen LogP contribution in [0.1, 0.15) is 19.3 Å². The maximum absolute atomic E-state index is 11.4. The standard InChI is InChI=1S/C17H24N6O/c24-15-5-8-18-16(22-15)19-11-12-6-9-23(10-7-12)17-20-13-3-1-2-4-14(13)21-17/h1-4,12,16,18-19H,5-11H2,(H,20,21)(H,22,24). The van der Waals surface area contributed by atoms with Gasteiger partial charge in [-0.2, -0.15) is 0 Å². The van der Waals surface area contributed by atoms with E-state index in [1.165, 1.54) is 0 Å². The zero-order chi connectivity index (χ0) is 16.4. The van der Waals surface area contributed by atoms with Gasteiger partial charge >= 0.3 is 0 Å². The molecule has 2 fully saturated rings. The largest absolute Gasteiger partial charge is 0.342 e. The normalized spacial score (nSPS) is 22.8. The van der Waals surface area contributed by atoms with E-state index in [0.717, 1.165) is 56.0 Å². The number of amides is 1.